The van der Waals surface area contributed by atoms with E-state index in [1.807, 2.05) is 6.92 Å². The van der Waals surface area contributed by atoms with Crippen molar-refractivity contribution in [3.8, 4) is 0 Å². The predicted octanol–water partition coefficient (Wildman–Crippen LogP) is 6.04. The molecule has 0 aliphatic rings. The minimum Gasteiger partial charge on any atom is -0.207 e. The number of benzene rings is 1. The van der Waals surface area contributed by atoms with Crippen LogP contribution in [0.2, 0.25) is 0 Å². The third-order valence-electron chi connectivity index (χ3n) is 3.58. The Balaban J connectivity index is 2.79. The molecule has 0 bridgehead atoms. The predicted molar refractivity (Wildman–Crippen MR) is 77.8 cm³/mol. The summed E-state index contributed by atoms with van der Waals surface area (Å²) < 4.78 is 27.2. The number of rotatable bonds is 8. The zero-order chi connectivity index (χ0) is 14.3. The van der Waals surface area contributed by atoms with Crippen molar-refractivity contribution in [2.75, 3.05) is 0 Å². The van der Waals surface area contributed by atoms with Crippen molar-refractivity contribution in [1.82, 2.24) is 0 Å². The number of halogens is 3. The molecule has 108 valence electrons. The van der Waals surface area contributed by atoms with Gasteiger partial charge in [0.25, 0.3) is 0 Å². The van der Waals surface area contributed by atoms with Gasteiger partial charge in [0.05, 0.1) is 0 Å². The van der Waals surface area contributed by atoms with Crippen molar-refractivity contribution >= 4 is 11.6 Å². The van der Waals surface area contributed by atoms with Crippen LogP contribution in [0, 0.1) is 11.6 Å². The fourth-order valence-corrected chi connectivity index (χ4v) is 2.45. The maximum absolute atomic E-state index is 13.9. The highest BCUT2D eigenvalue weighted by Gasteiger charge is 2.17. The lowest BCUT2D eigenvalue weighted by molar-refractivity contribution is 0.486. The van der Waals surface area contributed by atoms with Crippen molar-refractivity contribution in [1.29, 1.82) is 0 Å². The van der Waals surface area contributed by atoms with Gasteiger partial charge in [-0.15, -0.1) is 11.6 Å². The lowest BCUT2D eigenvalue weighted by atomic mass is 9.88. The highest BCUT2D eigenvalue weighted by Crippen LogP contribution is 2.31. The molecule has 19 heavy (non-hydrogen) atoms. The lowest BCUT2D eigenvalue weighted by Crippen LogP contribution is -2.06. The first-order valence-corrected chi connectivity index (χ1v) is 7.61. The molecule has 0 aliphatic carbocycles. The van der Waals surface area contributed by atoms with Crippen LogP contribution in [0.4, 0.5) is 8.78 Å². The average molecular weight is 289 g/mol. The molecule has 0 nitrogen and oxygen atoms in total. The van der Waals surface area contributed by atoms with Gasteiger partial charge < -0.3 is 0 Å². The van der Waals surface area contributed by atoms with E-state index in [0.29, 0.717) is 5.56 Å². The Labute approximate surface area is 120 Å². The normalized spacial score (nSPS) is 14.4. The maximum Gasteiger partial charge on any atom is 0.126 e. The minimum absolute atomic E-state index is 0.0726. The van der Waals surface area contributed by atoms with E-state index in [0.717, 1.165) is 38.5 Å². The van der Waals surface area contributed by atoms with Crippen LogP contribution in [0.15, 0.2) is 18.2 Å². The molecule has 0 heterocycles. The zero-order valence-electron chi connectivity index (χ0n) is 11.8. The van der Waals surface area contributed by atoms with E-state index < -0.39 is 0 Å². The number of hydrogen-bond donors (Lipinski definition) is 0. The van der Waals surface area contributed by atoms with Crippen molar-refractivity contribution in [2.45, 2.75) is 63.7 Å². The van der Waals surface area contributed by atoms with Crippen LogP contribution in [0.25, 0.3) is 0 Å². The van der Waals surface area contributed by atoms with Gasteiger partial charge in [0.15, 0.2) is 0 Å². The zero-order valence-corrected chi connectivity index (χ0v) is 12.5. The molecule has 1 rings (SSSR count). The second kappa shape index (κ2) is 8.52. The Morgan fingerprint density at radius 3 is 2.47 bits per heavy atom. The summed E-state index contributed by atoms with van der Waals surface area (Å²) in [4.78, 5) is 0. The molecule has 0 aliphatic heterocycles. The first-order chi connectivity index (χ1) is 9.08. The summed E-state index contributed by atoms with van der Waals surface area (Å²) in [5.41, 5.74) is 0.508. The van der Waals surface area contributed by atoms with Gasteiger partial charge in [0, 0.05) is 5.38 Å². The van der Waals surface area contributed by atoms with Crippen molar-refractivity contribution in [3.63, 3.8) is 0 Å². The van der Waals surface area contributed by atoms with Gasteiger partial charge in [-0.25, -0.2) is 8.78 Å². The van der Waals surface area contributed by atoms with E-state index in [9.17, 15) is 8.78 Å². The number of alkyl halides is 1. The molecule has 0 saturated heterocycles. The second-order valence-electron chi connectivity index (χ2n) is 5.09. The average Bonchev–Trinajstić information content (AvgIpc) is 2.41. The summed E-state index contributed by atoms with van der Waals surface area (Å²) in [6.45, 7) is 4.15. The Bertz CT molecular complexity index is 379. The summed E-state index contributed by atoms with van der Waals surface area (Å²) >= 11 is 6.13. The molecule has 0 aromatic heterocycles. The lowest BCUT2D eigenvalue weighted by Gasteiger charge is -2.19. The molecule has 3 heteroatoms. The van der Waals surface area contributed by atoms with Gasteiger partial charge >= 0.3 is 0 Å². The van der Waals surface area contributed by atoms with E-state index in [-0.39, 0.29) is 22.9 Å². The fourth-order valence-electron chi connectivity index (χ4n) is 2.32. The van der Waals surface area contributed by atoms with Gasteiger partial charge in [-0.3, -0.25) is 0 Å². The standard InChI is InChI=1S/C16H23ClF2/c1-3-5-6-12(7-8-13(17)4-2)15-11-14(18)9-10-16(15)19/h9-13H,3-8H2,1-2H3. The molecular formula is C16H23ClF2. The van der Waals surface area contributed by atoms with Crippen LogP contribution >= 0.6 is 11.6 Å². The Hall–Kier alpha value is -0.630. The highest BCUT2D eigenvalue weighted by atomic mass is 35.5. The third-order valence-corrected chi connectivity index (χ3v) is 4.10. The van der Waals surface area contributed by atoms with E-state index >= 15 is 0 Å². The molecule has 0 spiro atoms. The third kappa shape index (κ3) is 5.48. The quantitative estimate of drug-likeness (QED) is 0.512. The summed E-state index contributed by atoms with van der Waals surface area (Å²) in [6.07, 6.45) is 5.56. The van der Waals surface area contributed by atoms with Gasteiger partial charge in [0.2, 0.25) is 0 Å². The molecular weight excluding hydrogens is 266 g/mol. The summed E-state index contributed by atoms with van der Waals surface area (Å²) in [7, 11) is 0. The van der Waals surface area contributed by atoms with Gasteiger partial charge in [-0.05, 0) is 55.4 Å². The molecule has 0 N–H and O–H groups in total. The van der Waals surface area contributed by atoms with Crippen molar-refractivity contribution in [2.24, 2.45) is 0 Å². The molecule has 0 saturated carbocycles. The van der Waals surface area contributed by atoms with Gasteiger partial charge in [-0.1, -0.05) is 26.7 Å². The van der Waals surface area contributed by atoms with Crippen LogP contribution in [0.1, 0.15) is 63.9 Å². The first kappa shape index (κ1) is 16.4. The SMILES string of the molecule is CCCCC(CCC(Cl)CC)c1cc(F)ccc1F. The monoisotopic (exact) mass is 288 g/mol. The van der Waals surface area contributed by atoms with E-state index in [1.165, 1.54) is 18.2 Å². The highest BCUT2D eigenvalue weighted by molar-refractivity contribution is 6.20. The molecule has 0 fully saturated rings. The minimum atomic E-state index is -0.365. The van der Waals surface area contributed by atoms with Crippen LogP contribution in [-0.2, 0) is 0 Å². The molecule has 0 amide bonds. The molecule has 0 radical (unpaired) electrons. The fraction of sp³-hybridized carbons (Fsp3) is 0.625. The van der Waals surface area contributed by atoms with Crippen LogP contribution in [-0.4, -0.2) is 5.38 Å². The smallest absolute Gasteiger partial charge is 0.126 e. The van der Waals surface area contributed by atoms with Gasteiger partial charge in [-0.2, -0.15) is 0 Å². The van der Waals surface area contributed by atoms with Crippen molar-refractivity contribution < 1.29 is 8.78 Å². The summed E-state index contributed by atoms with van der Waals surface area (Å²) in [5, 5.41) is 0.126. The number of unbranched alkanes of at least 4 members (excludes halogenated alkanes) is 1. The first-order valence-electron chi connectivity index (χ1n) is 7.17. The molecule has 2 atom stereocenters. The molecule has 1 aromatic rings. The largest absolute Gasteiger partial charge is 0.207 e. The van der Waals surface area contributed by atoms with Crippen LogP contribution < -0.4 is 0 Å². The van der Waals surface area contributed by atoms with Gasteiger partial charge in [0.1, 0.15) is 11.6 Å². The van der Waals surface area contributed by atoms with E-state index in [4.69, 9.17) is 11.6 Å². The Kier molecular flexibility index (Phi) is 7.37. The van der Waals surface area contributed by atoms with Crippen LogP contribution in [0.5, 0.6) is 0 Å². The van der Waals surface area contributed by atoms with E-state index in [1.54, 1.807) is 0 Å². The number of hydrogen-bond acceptors (Lipinski definition) is 0. The van der Waals surface area contributed by atoms with E-state index in [2.05, 4.69) is 6.92 Å². The summed E-state index contributed by atoms with van der Waals surface area (Å²) in [6, 6.07) is 3.73. The maximum atomic E-state index is 13.9. The second-order valence-corrected chi connectivity index (χ2v) is 5.71. The Morgan fingerprint density at radius 2 is 1.84 bits per heavy atom. The van der Waals surface area contributed by atoms with Crippen LogP contribution in [0.3, 0.4) is 0 Å². The Morgan fingerprint density at radius 1 is 1.11 bits per heavy atom. The summed E-state index contributed by atoms with van der Waals surface area (Å²) in [5.74, 6) is -0.593. The van der Waals surface area contributed by atoms with Crippen molar-refractivity contribution in [3.05, 3.63) is 35.4 Å². The topological polar surface area (TPSA) is 0 Å². The molecule has 2 unspecified atom stereocenters. The molecule has 1 aromatic carbocycles.